The molecule has 0 spiro atoms. The molecule has 0 aliphatic carbocycles. The van der Waals surface area contributed by atoms with Gasteiger partial charge < -0.3 is 5.32 Å². The number of pyridine rings is 1. The summed E-state index contributed by atoms with van der Waals surface area (Å²) in [6.07, 6.45) is 3.72. The van der Waals surface area contributed by atoms with Crippen LogP contribution in [0.4, 0.5) is 11.5 Å². The summed E-state index contributed by atoms with van der Waals surface area (Å²) < 4.78 is 0. The summed E-state index contributed by atoms with van der Waals surface area (Å²) in [6, 6.07) is 18.2. The van der Waals surface area contributed by atoms with E-state index in [0.717, 1.165) is 34.2 Å². The molecule has 4 rings (SSSR count). The van der Waals surface area contributed by atoms with Crippen LogP contribution in [0.2, 0.25) is 0 Å². The van der Waals surface area contributed by atoms with E-state index in [4.69, 9.17) is 0 Å². The van der Waals surface area contributed by atoms with E-state index in [-0.39, 0.29) is 0 Å². The number of hydrogen-bond donors (Lipinski definition) is 1. The van der Waals surface area contributed by atoms with Crippen LogP contribution < -0.4 is 5.32 Å². The number of nitrogens with zero attached hydrogens (tertiary/aromatic N) is 3. The molecule has 0 aliphatic heterocycles. The first-order valence-electron chi connectivity index (χ1n) is 7.95. The summed E-state index contributed by atoms with van der Waals surface area (Å²) in [4.78, 5) is 14.6. The van der Waals surface area contributed by atoms with Crippen LogP contribution in [-0.4, -0.2) is 15.0 Å². The molecule has 0 bridgehead atoms. The molecule has 0 atom stereocenters. The van der Waals surface area contributed by atoms with Crippen LogP contribution in [0.5, 0.6) is 0 Å². The number of aromatic nitrogens is 3. The van der Waals surface area contributed by atoms with Crippen LogP contribution in [-0.2, 0) is 0 Å². The molecule has 0 fully saturated rings. The Balaban J connectivity index is 1.70. The number of anilines is 2. The third kappa shape index (κ3) is 3.56. The van der Waals surface area contributed by atoms with Gasteiger partial charge in [-0.05, 0) is 36.6 Å². The van der Waals surface area contributed by atoms with Crippen LogP contribution in [0.1, 0.15) is 5.82 Å². The molecule has 3 aromatic heterocycles. The molecule has 0 aliphatic rings. The average molecular weight is 344 g/mol. The third-order valence-corrected chi connectivity index (χ3v) is 4.64. The van der Waals surface area contributed by atoms with Gasteiger partial charge in [-0.3, -0.25) is 4.98 Å². The predicted octanol–water partition coefficient (Wildman–Crippen LogP) is 5.32. The van der Waals surface area contributed by atoms with Crippen molar-refractivity contribution in [3.63, 3.8) is 0 Å². The minimum atomic E-state index is 0.720. The Morgan fingerprint density at radius 2 is 1.72 bits per heavy atom. The summed E-state index contributed by atoms with van der Waals surface area (Å²) in [5.74, 6) is 1.49. The van der Waals surface area contributed by atoms with E-state index < -0.39 is 0 Å². The molecule has 4 nitrogen and oxygen atoms in total. The Bertz CT molecular complexity index is 982. The second kappa shape index (κ2) is 6.83. The molecule has 4 aromatic rings. The van der Waals surface area contributed by atoms with E-state index in [0.29, 0.717) is 0 Å². The van der Waals surface area contributed by atoms with Crippen molar-refractivity contribution in [3.05, 3.63) is 78.2 Å². The van der Waals surface area contributed by atoms with E-state index in [2.05, 4.69) is 37.8 Å². The zero-order valence-corrected chi connectivity index (χ0v) is 14.5. The molecule has 0 unspecified atom stereocenters. The highest BCUT2D eigenvalue weighted by molar-refractivity contribution is 7.13. The first kappa shape index (κ1) is 15.5. The Kier molecular flexibility index (Phi) is 4.23. The van der Waals surface area contributed by atoms with E-state index >= 15 is 0 Å². The van der Waals surface area contributed by atoms with Gasteiger partial charge in [0, 0.05) is 40.2 Å². The fraction of sp³-hybridized carbons (Fsp3) is 0.0500. The minimum absolute atomic E-state index is 0.720. The van der Waals surface area contributed by atoms with Crippen LogP contribution in [0.3, 0.4) is 0 Å². The van der Waals surface area contributed by atoms with Gasteiger partial charge in [0.2, 0.25) is 0 Å². The first-order chi connectivity index (χ1) is 12.3. The standard InChI is InChI=1S/C20H16N4S/c1-14-22-18(11-20(23-14)24-17-6-3-2-4-7-17)15-10-16(13-21-12-15)19-8-5-9-25-19/h2-13H,1H3,(H,22,23,24). The maximum Gasteiger partial charge on any atom is 0.134 e. The topological polar surface area (TPSA) is 50.7 Å². The average Bonchev–Trinajstić information content (AvgIpc) is 3.17. The highest BCUT2D eigenvalue weighted by atomic mass is 32.1. The van der Waals surface area contributed by atoms with Crippen molar-refractivity contribution in [2.24, 2.45) is 0 Å². The van der Waals surface area contributed by atoms with Crippen LogP contribution in [0.15, 0.2) is 72.4 Å². The van der Waals surface area contributed by atoms with Gasteiger partial charge in [-0.2, -0.15) is 0 Å². The number of para-hydroxylation sites is 1. The maximum absolute atomic E-state index is 4.58. The second-order valence-corrected chi connectivity index (χ2v) is 6.56. The van der Waals surface area contributed by atoms with Crippen molar-refractivity contribution in [2.75, 3.05) is 5.32 Å². The van der Waals surface area contributed by atoms with Crippen molar-refractivity contribution in [2.45, 2.75) is 6.92 Å². The second-order valence-electron chi connectivity index (χ2n) is 5.62. The Morgan fingerprint density at radius 3 is 2.52 bits per heavy atom. The van der Waals surface area contributed by atoms with E-state index in [1.165, 1.54) is 4.88 Å². The zero-order valence-electron chi connectivity index (χ0n) is 13.7. The zero-order chi connectivity index (χ0) is 17.1. The summed E-state index contributed by atoms with van der Waals surface area (Å²) in [5, 5.41) is 5.40. The molecular weight excluding hydrogens is 328 g/mol. The van der Waals surface area contributed by atoms with Gasteiger partial charge >= 0.3 is 0 Å². The van der Waals surface area contributed by atoms with Crippen LogP contribution in [0, 0.1) is 6.92 Å². The predicted molar refractivity (Wildman–Crippen MR) is 103 cm³/mol. The number of nitrogens with one attached hydrogen (secondary N) is 1. The molecule has 1 N–H and O–H groups in total. The third-order valence-electron chi connectivity index (χ3n) is 3.72. The molecule has 0 saturated heterocycles. The van der Waals surface area contributed by atoms with Crippen molar-refractivity contribution in [1.82, 2.24) is 15.0 Å². The maximum atomic E-state index is 4.58. The fourth-order valence-corrected chi connectivity index (χ4v) is 3.32. The van der Waals surface area contributed by atoms with Gasteiger partial charge in [0.05, 0.1) is 5.69 Å². The monoisotopic (exact) mass is 344 g/mol. The SMILES string of the molecule is Cc1nc(Nc2ccccc2)cc(-c2cncc(-c3cccs3)c2)n1. The highest BCUT2D eigenvalue weighted by Gasteiger charge is 2.08. The van der Waals surface area contributed by atoms with Crippen molar-refractivity contribution >= 4 is 22.8 Å². The van der Waals surface area contributed by atoms with E-state index in [1.54, 1.807) is 11.3 Å². The minimum Gasteiger partial charge on any atom is -0.340 e. The van der Waals surface area contributed by atoms with Gasteiger partial charge in [0.1, 0.15) is 11.6 Å². The Morgan fingerprint density at radius 1 is 0.880 bits per heavy atom. The molecule has 0 amide bonds. The van der Waals surface area contributed by atoms with Crippen LogP contribution >= 0.6 is 11.3 Å². The fourth-order valence-electron chi connectivity index (χ4n) is 2.61. The number of hydrogen-bond acceptors (Lipinski definition) is 5. The summed E-state index contributed by atoms with van der Waals surface area (Å²) in [5.41, 5.74) is 3.93. The number of thiophene rings is 1. The molecular formula is C20H16N4S. The van der Waals surface area contributed by atoms with Gasteiger partial charge in [-0.25, -0.2) is 9.97 Å². The number of aryl methyl sites for hydroxylation is 1. The molecule has 0 radical (unpaired) electrons. The largest absolute Gasteiger partial charge is 0.340 e. The lowest BCUT2D eigenvalue weighted by molar-refractivity contribution is 1.06. The van der Waals surface area contributed by atoms with E-state index in [1.807, 2.05) is 61.8 Å². The van der Waals surface area contributed by atoms with Gasteiger partial charge in [-0.1, -0.05) is 24.3 Å². The van der Waals surface area contributed by atoms with Gasteiger partial charge in [-0.15, -0.1) is 11.3 Å². The van der Waals surface area contributed by atoms with E-state index in [9.17, 15) is 0 Å². The molecule has 25 heavy (non-hydrogen) atoms. The lowest BCUT2D eigenvalue weighted by Crippen LogP contribution is -1.99. The van der Waals surface area contributed by atoms with Gasteiger partial charge in [0.15, 0.2) is 0 Å². The number of benzene rings is 1. The summed E-state index contributed by atoms with van der Waals surface area (Å²) in [6.45, 7) is 1.90. The molecule has 3 heterocycles. The smallest absolute Gasteiger partial charge is 0.134 e. The Labute approximate surface area is 150 Å². The molecule has 1 aromatic carbocycles. The summed E-state index contributed by atoms with van der Waals surface area (Å²) >= 11 is 1.70. The summed E-state index contributed by atoms with van der Waals surface area (Å²) in [7, 11) is 0. The highest BCUT2D eigenvalue weighted by Crippen LogP contribution is 2.28. The van der Waals surface area contributed by atoms with Crippen molar-refractivity contribution in [3.8, 4) is 21.7 Å². The number of rotatable bonds is 4. The van der Waals surface area contributed by atoms with Crippen LogP contribution in [0.25, 0.3) is 21.7 Å². The molecule has 5 heteroatoms. The molecule has 122 valence electrons. The lowest BCUT2D eigenvalue weighted by atomic mass is 10.1. The molecule has 0 saturated carbocycles. The Hall–Kier alpha value is -3.05. The first-order valence-corrected chi connectivity index (χ1v) is 8.83. The lowest BCUT2D eigenvalue weighted by Gasteiger charge is -2.09. The normalized spacial score (nSPS) is 10.6. The quantitative estimate of drug-likeness (QED) is 0.544. The van der Waals surface area contributed by atoms with Crippen molar-refractivity contribution < 1.29 is 0 Å². The van der Waals surface area contributed by atoms with Gasteiger partial charge in [0.25, 0.3) is 0 Å². The van der Waals surface area contributed by atoms with Crippen molar-refractivity contribution in [1.29, 1.82) is 0 Å².